The van der Waals surface area contributed by atoms with Crippen LogP contribution in [0.2, 0.25) is 0 Å². The first-order chi connectivity index (χ1) is 10.8. The predicted molar refractivity (Wildman–Crippen MR) is 81.8 cm³/mol. The van der Waals surface area contributed by atoms with Crippen LogP contribution in [-0.2, 0) is 4.84 Å². The van der Waals surface area contributed by atoms with Crippen LogP contribution in [0, 0.1) is 0 Å². The average molecular weight is 298 g/mol. The van der Waals surface area contributed by atoms with Crippen molar-refractivity contribution < 1.29 is 14.7 Å². The largest absolute Gasteiger partial charge is 0.508 e. The molecule has 0 aliphatic rings. The number of rotatable bonds is 6. The third-order valence-corrected chi connectivity index (χ3v) is 2.48. The summed E-state index contributed by atoms with van der Waals surface area (Å²) in [6, 6.07) is 9.79. The van der Waals surface area contributed by atoms with Crippen LogP contribution in [0.1, 0.15) is 15.9 Å². The van der Waals surface area contributed by atoms with Crippen molar-refractivity contribution in [3.8, 4) is 5.75 Å². The lowest BCUT2D eigenvalue weighted by Gasteiger charge is -2.01. The second-order valence-electron chi connectivity index (χ2n) is 4.11. The second kappa shape index (κ2) is 8.28. The van der Waals surface area contributed by atoms with E-state index >= 15 is 0 Å². The number of nitrogens with one attached hydrogen (secondary N) is 1. The molecular formula is C15H14N4O3. The van der Waals surface area contributed by atoms with Gasteiger partial charge in [0.05, 0.1) is 18.3 Å². The Kier molecular flexibility index (Phi) is 5.77. The minimum atomic E-state index is -0.519. The molecule has 0 fully saturated rings. The zero-order valence-electron chi connectivity index (χ0n) is 11.6. The highest BCUT2D eigenvalue weighted by Gasteiger charge is 2.05. The molecule has 0 amide bonds. The number of benzene rings is 1. The second-order valence-corrected chi connectivity index (χ2v) is 4.11. The molecule has 2 N–H and O–H groups in total. The van der Waals surface area contributed by atoms with Crippen LogP contribution in [0.3, 0.4) is 0 Å². The van der Waals surface area contributed by atoms with Crippen molar-refractivity contribution in [1.82, 2.24) is 10.5 Å². The van der Waals surface area contributed by atoms with E-state index in [0.29, 0.717) is 5.56 Å². The Morgan fingerprint density at radius 1 is 1.27 bits per heavy atom. The van der Waals surface area contributed by atoms with Gasteiger partial charge >= 0.3 is 5.97 Å². The van der Waals surface area contributed by atoms with Crippen LogP contribution in [0.4, 0.5) is 0 Å². The van der Waals surface area contributed by atoms with E-state index in [9.17, 15) is 4.79 Å². The zero-order chi connectivity index (χ0) is 15.6. The van der Waals surface area contributed by atoms with Gasteiger partial charge in [-0.3, -0.25) is 4.98 Å². The van der Waals surface area contributed by atoms with E-state index in [1.807, 2.05) is 0 Å². The number of carbonyl (C=O) groups excluding carboxylic acids is 1. The number of aromatic nitrogens is 1. The molecule has 7 nitrogen and oxygen atoms in total. The summed E-state index contributed by atoms with van der Waals surface area (Å²) in [6.45, 7) is 0.221. The van der Waals surface area contributed by atoms with Crippen LogP contribution in [0.25, 0.3) is 0 Å². The van der Waals surface area contributed by atoms with Gasteiger partial charge < -0.3 is 9.94 Å². The molecule has 1 aromatic carbocycles. The summed E-state index contributed by atoms with van der Waals surface area (Å²) >= 11 is 0. The van der Waals surface area contributed by atoms with E-state index in [0.717, 1.165) is 5.56 Å². The molecule has 0 unspecified atom stereocenters. The molecule has 7 heteroatoms. The number of nitrogens with zero attached hydrogens (tertiary/aromatic N) is 3. The maximum Gasteiger partial charge on any atom is 0.358 e. The fraction of sp³-hybridized carbons (Fsp3) is 0.0667. The van der Waals surface area contributed by atoms with Gasteiger partial charge in [0.25, 0.3) is 0 Å². The molecule has 0 aliphatic heterocycles. The predicted octanol–water partition coefficient (Wildman–Crippen LogP) is 1.55. The Hall–Kier alpha value is -3.06. The van der Waals surface area contributed by atoms with E-state index in [2.05, 4.69) is 20.7 Å². The summed E-state index contributed by atoms with van der Waals surface area (Å²) in [5.74, 6) is -0.325. The van der Waals surface area contributed by atoms with Gasteiger partial charge in [0.1, 0.15) is 5.75 Å². The summed E-state index contributed by atoms with van der Waals surface area (Å²) in [7, 11) is 0. The molecule has 0 saturated heterocycles. The first-order valence-corrected chi connectivity index (χ1v) is 6.43. The number of hydrogen-bond acceptors (Lipinski definition) is 7. The monoisotopic (exact) mass is 298 g/mol. The number of hydrogen-bond donors (Lipinski definition) is 2. The minimum absolute atomic E-state index is 0.195. The molecule has 1 aromatic heterocycles. The van der Waals surface area contributed by atoms with Gasteiger partial charge in [0.2, 0.25) is 0 Å². The molecular weight excluding hydrogens is 284 g/mol. The highest BCUT2D eigenvalue weighted by molar-refractivity contribution is 5.88. The van der Waals surface area contributed by atoms with E-state index < -0.39 is 5.97 Å². The van der Waals surface area contributed by atoms with Crippen molar-refractivity contribution in [2.24, 2.45) is 10.2 Å². The minimum Gasteiger partial charge on any atom is -0.508 e. The number of phenols is 1. The number of hydroxylamine groups is 1. The van der Waals surface area contributed by atoms with E-state index in [1.54, 1.807) is 42.6 Å². The standard InChI is InChI=1S/C15H14N4O3/c20-14-5-3-12(4-6-14)10-18-17-8-9-19-22-15(21)13-2-1-7-16-11-13/h1-8,10-11,19-20H,9H2/b17-8+,18-10+. The van der Waals surface area contributed by atoms with Crippen LogP contribution in [0.5, 0.6) is 5.75 Å². The van der Waals surface area contributed by atoms with Crippen molar-refractivity contribution in [3.63, 3.8) is 0 Å². The maximum absolute atomic E-state index is 11.5. The molecule has 0 bridgehead atoms. The Labute approximate surface area is 127 Å². The molecule has 1 heterocycles. The molecule has 0 atom stereocenters. The Balaban J connectivity index is 1.68. The molecule has 0 spiro atoms. The number of carbonyl (C=O) groups is 1. The van der Waals surface area contributed by atoms with Gasteiger partial charge in [0, 0.05) is 18.6 Å². The summed E-state index contributed by atoms with van der Waals surface area (Å²) in [6.07, 6.45) is 5.98. The maximum atomic E-state index is 11.5. The molecule has 112 valence electrons. The van der Waals surface area contributed by atoms with Gasteiger partial charge in [0.15, 0.2) is 0 Å². The lowest BCUT2D eigenvalue weighted by molar-refractivity contribution is 0.0289. The highest BCUT2D eigenvalue weighted by atomic mass is 16.7. The molecule has 2 rings (SSSR count). The quantitative estimate of drug-likeness (QED) is 0.479. The lowest BCUT2D eigenvalue weighted by atomic mass is 10.2. The van der Waals surface area contributed by atoms with Gasteiger partial charge in [-0.05, 0) is 42.0 Å². The zero-order valence-corrected chi connectivity index (χ0v) is 11.6. The summed E-state index contributed by atoms with van der Waals surface area (Å²) in [5, 5.41) is 16.7. The van der Waals surface area contributed by atoms with Crippen LogP contribution >= 0.6 is 0 Å². The Bertz CT molecular complexity index is 654. The fourth-order valence-corrected chi connectivity index (χ4v) is 1.44. The third kappa shape index (κ3) is 5.14. The normalized spacial score (nSPS) is 11.1. The van der Waals surface area contributed by atoms with Crippen molar-refractivity contribution in [2.75, 3.05) is 6.54 Å². The molecule has 0 radical (unpaired) electrons. The van der Waals surface area contributed by atoms with E-state index in [4.69, 9.17) is 9.94 Å². The topological polar surface area (TPSA) is 96.2 Å². The first kappa shape index (κ1) is 15.3. The van der Waals surface area contributed by atoms with Gasteiger partial charge in [-0.25, -0.2) is 4.79 Å². The van der Waals surface area contributed by atoms with Crippen LogP contribution in [0.15, 0.2) is 59.0 Å². The smallest absolute Gasteiger partial charge is 0.358 e. The van der Waals surface area contributed by atoms with Crippen LogP contribution in [-0.4, -0.2) is 35.0 Å². The summed E-state index contributed by atoms with van der Waals surface area (Å²) in [5.41, 5.74) is 3.63. The van der Waals surface area contributed by atoms with Crippen molar-refractivity contribution in [3.05, 3.63) is 59.9 Å². The number of aromatic hydroxyl groups is 1. The van der Waals surface area contributed by atoms with E-state index in [-0.39, 0.29) is 12.3 Å². The Morgan fingerprint density at radius 3 is 2.82 bits per heavy atom. The van der Waals surface area contributed by atoms with Gasteiger partial charge in [-0.15, -0.1) is 5.48 Å². The highest BCUT2D eigenvalue weighted by Crippen LogP contribution is 2.07. The number of phenolic OH excluding ortho intramolecular Hbond substituents is 1. The van der Waals surface area contributed by atoms with Crippen molar-refractivity contribution >= 4 is 18.4 Å². The molecule has 22 heavy (non-hydrogen) atoms. The van der Waals surface area contributed by atoms with Gasteiger partial charge in [-0.1, -0.05) is 0 Å². The lowest BCUT2D eigenvalue weighted by Crippen LogP contribution is -2.21. The van der Waals surface area contributed by atoms with Crippen molar-refractivity contribution in [1.29, 1.82) is 0 Å². The Morgan fingerprint density at radius 2 is 2.09 bits per heavy atom. The molecule has 0 aliphatic carbocycles. The number of pyridine rings is 1. The van der Waals surface area contributed by atoms with E-state index in [1.165, 1.54) is 18.6 Å². The first-order valence-electron chi connectivity index (χ1n) is 6.43. The average Bonchev–Trinajstić information content (AvgIpc) is 2.56. The molecule has 0 saturated carbocycles. The SMILES string of the molecule is O=C(ONC/C=N/N=C/c1ccc(O)cc1)c1cccnc1. The summed E-state index contributed by atoms with van der Waals surface area (Å²) in [4.78, 5) is 20.2. The van der Waals surface area contributed by atoms with Crippen molar-refractivity contribution in [2.45, 2.75) is 0 Å². The summed E-state index contributed by atoms with van der Waals surface area (Å²) < 4.78 is 0. The third-order valence-electron chi connectivity index (χ3n) is 2.48. The molecule has 2 aromatic rings. The van der Waals surface area contributed by atoms with Gasteiger partial charge in [-0.2, -0.15) is 10.2 Å². The van der Waals surface area contributed by atoms with Crippen LogP contribution < -0.4 is 5.48 Å². The fourth-order valence-electron chi connectivity index (χ4n) is 1.44.